The maximum absolute atomic E-state index is 12.3. The van der Waals surface area contributed by atoms with Crippen LogP contribution in [-0.4, -0.2) is 39.2 Å². The lowest BCUT2D eigenvalue weighted by Crippen LogP contribution is -2.40. The van der Waals surface area contributed by atoms with Crippen LogP contribution in [0, 0.1) is 5.92 Å². The molecule has 7 nitrogen and oxygen atoms in total. The Balaban J connectivity index is 1.70. The Kier molecular flexibility index (Phi) is 6.61. The fourth-order valence-corrected chi connectivity index (χ4v) is 3.16. The van der Waals surface area contributed by atoms with Crippen LogP contribution < -0.4 is 24.4 Å². The van der Waals surface area contributed by atoms with Gasteiger partial charge in [0, 0.05) is 24.4 Å². The SMILES string of the molecule is COc1ccc(/C=C/C(=O)Nc2ccc3c(c2)OCC(=O)N3CC(C)C)cc1OC. The van der Waals surface area contributed by atoms with E-state index in [2.05, 4.69) is 19.2 Å². The Hall–Kier alpha value is -3.48. The lowest BCUT2D eigenvalue weighted by atomic mass is 10.1. The third kappa shape index (κ3) is 4.92. The number of carbonyl (C=O) groups is 2. The lowest BCUT2D eigenvalue weighted by Gasteiger charge is -2.30. The molecule has 1 N–H and O–H groups in total. The van der Waals surface area contributed by atoms with Crippen LogP contribution >= 0.6 is 0 Å². The van der Waals surface area contributed by atoms with Crippen molar-refractivity contribution in [3.8, 4) is 17.2 Å². The first kappa shape index (κ1) is 21.2. The zero-order valence-corrected chi connectivity index (χ0v) is 17.6. The van der Waals surface area contributed by atoms with Crippen LogP contribution in [0.4, 0.5) is 11.4 Å². The maximum Gasteiger partial charge on any atom is 0.265 e. The van der Waals surface area contributed by atoms with Gasteiger partial charge in [-0.2, -0.15) is 0 Å². The van der Waals surface area contributed by atoms with Crippen LogP contribution in [0.15, 0.2) is 42.5 Å². The zero-order chi connectivity index (χ0) is 21.7. The highest BCUT2D eigenvalue weighted by atomic mass is 16.5. The molecule has 0 radical (unpaired) electrons. The molecule has 0 atom stereocenters. The number of anilines is 2. The second-order valence-electron chi connectivity index (χ2n) is 7.31. The number of fused-ring (bicyclic) bond motifs is 1. The summed E-state index contributed by atoms with van der Waals surface area (Å²) in [5, 5.41) is 2.82. The molecule has 1 aliphatic rings. The Bertz CT molecular complexity index is 968. The van der Waals surface area contributed by atoms with Crippen LogP contribution in [0.1, 0.15) is 19.4 Å². The van der Waals surface area contributed by atoms with Crippen LogP contribution in [0.5, 0.6) is 17.2 Å². The van der Waals surface area contributed by atoms with Gasteiger partial charge in [0.15, 0.2) is 18.1 Å². The molecule has 1 aliphatic heterocycles. The van der Waals surface area contributed by atoms with Gasteiger partial charge in [0.2, 0.25) is 5.91 Å². The van der Waals surface area contributed by atoms with E-state index in [1.807, 2.05) is 6.07 Å². The fourth-order valence-electron chi connectivity index (χ4n) is 3.16. The van der Waals surface area contributed by atoms with Gasteiger partial charge < -0.3 is 24.4 Å². The summed E-state index contributed by atoms with van der Waals surface area (Å²) in [4.78, 5) is 26.2. The molecule has 30 heavy (non-hydrogen) atoms. The summed E-state index contributed by atoms with van der Waals surface area (Å²) in [6, 6.07) is 10.7. The Labute approximate surface area is 176 Å². The molecule has 0 bridgehead atoms. The number of nitrogens with zero attached hydrogens (tertiary/aromatic N) is 1. The molecule has 0 aliphatic carbocycles. The lowest BCUT2D eigenvalue weighted by molar-refractivity contribution is -0.121. The second kappa shape index (κ2) is 9.35. The number of amides is 2. The van der Waals surface area contributed by atoms with Gasteiger partial charge in [-0.25, -0.2) is 0 Å². The van der Waals surface area contributed by atoms with E-state index in [0.29, 0.717) is 35.4 Å². The van der Waals surface area contributed by atoms with Crippen molar-refractivity contribution in [2.75, 3.05) is 37.6 Å². The van der Waals surface area contributed by atoms with Gasteiger partial charge in [-0.05, 0) is 41.8 Å². The minimum atomic E-state index is -0.282. The van der Waals surface area contributed by atoms with Crippen molar-refractivity contribution in [1.82, 2.24) is 0 Å². The predicted molar refractivity (Wildman–Crippen MR) is 116 cm³/mol. The molecule has 3 rings (SSSR count). The van der Waals surface area contributed by atoms with Gasteiger partial charge in [-0.1, -0.05) is 19.9 Å². The summed E-state index contributed by atoms with van der Waals surface area (Å²) in [6.45, 7) is 4.73. The molecule has 0 saturated carbocycles. The van der Waals surface area contributed by atoms with Gasteiger partial charge in [-0.3, -0.25) is 9.59 Å². The van der Waals surface area contributed by atoms with Gasteiger partial charge >= 0.3 is 0 Å². The average molecular weight is 410 g/mol. The average Bonchev–Trinajstić information content (AvgIpc) is 2.73. The molecule has 1 heterocycles. The van der Waals surface area contributed by atoms with Gasteiger partial charge in [0.05, 0.1) is 19.9 Å². The second-order valence-corrected chi connectivity index (χ2v) is 7.31. The number of methoxy groups -OCH3 is 2. The number of ether oxygens (including phenoxy) is 3. The Morgan fingerprint density at radius 2 is 1.93 bits per heavy atom. The van der Waals surface area contributed by atoms with Crippen LogP contribution in [0.25, 0.3) is 6.08 Å². The number of hydrogen-bond donors (Lipinski definition) is 1. The molecule has 2 aromatic rings. The third-order valence-electron chi connectivity index (χ3n) is 4.55. The molecular formula is C23H26N2O5. The van der Waals surface area contributed by atoms with E-state index < -0.39 is 0 Å². The molecule has 0 saturated heterocycles. The minimum Gasteiger partial charge on any atom is -0.493 e. The number of rotatable bonds is 7. The highest BCUT2D eigenvalue weighted by molar-refractivity contribution is 6.03. The first-order valence-electron chi connectivity index (χ1n) is 9.69. The molecule has 2 aromatic carbocycles. The Morgan fingerprint density at radius 1 is 1.17 bits per heavy atom. The van der Waals surface area contributed by atoms with E-state index in [0.717, 1.165) is 11.3 Å². The normalized spacial score (nSPS) is 13.2. The first-order valence-corrected chi connectivity index (χ1v) is 9.69. The number of nitrogens with one attached hydrogen (secondary N) is 1. The van der Waals surface area contributed by atoms with Gasteiger partial charge in [0.1, 0.15) is 5.75 Å². The molecular weight excluding hydrogens is 384 g/mol. The monoisotopic (exact) mass is 410 g/mol. The molecule has 0 unspecified atom stereocenters. The molecule has 2 amide bonds. The number of hydrogen-bond acceptors (Lipinski definition) is 5. The van der Waals surface area contributed by atoms with E-state index in [-0.39, 0.29) is 18.4 Å². The highest BCUT2D eigenvalue weighted by Gasteiger charge is 2.26. The van der Waals surface area contributed by atoms with Crippen molar-refractivity contribution < 1.29 is 23.8 Å². The van der Waals surface area contributed by atoms with Crippen molar-refractivity contribution >= 4 is 29.3 Å². The van der Waals surface area contributed by atoms with E-state index in [1.54, 1.807) is 55.5 Å². The van der Waals surface area contributed by atoms with Crippen LogP contribution in [0.3, 0.4) is 0 Å². The molecule has 0 aromatic heterocycles. The summed E-state index contributed by atoms with van der Waals surface area (Å²) in [6.07, 6.45) is 3.13. The zero-order valence-electron chi connectivity index (χ0n) is 17.6. The van der Waals surface area contributed by atoms with E-state index in [1.165, 1.54) is 6.08 Å². The largest absolute Gasteiger partial charge is 0.493 e. The van der Waals surface area contributed by atoms with Crippen molar-refractivity contribution in [2.24, 2.45) is 5.92 Å². The predicted octanol–water partition coefficient (Wildman–Crippen LogP) is 3.74. The minimum absolute atomic E-state index is 0.00365. The molecule has 7 heteroatoms. The van der Waals surface area contributed by atoms with Crippen LogP contribution in [-0.2, 0) is 9.59 Å². The summed E-state index contributed by atoms with van der Waals surface area (Å²) in [7, 11) is 3.13. The first-order chi connectivity index (χ1) is 14.4. The summed E-state index contributed by atoms with van der Waals surface area (Å²) < 4.78 is 16.0. The van der Waals surface area contributed by atoms with E-state index in [4.69, 9.17) is 14.2 Å². The quantitative estimate of drug-likeness (QED) is 0.704. The number of carbonyl (C=O) groups excluding carboxylic acids is 2. The maximum atomic E-state index is 12.3. The van der Waals surface area contributed by atoms with Gasteiger partial charge in [-0.15, -0.1) is 0 Å². The highest BCUT2D eigenvalue weighted by Crippen LogP contribution is 2.35. The Morgan fingerprint density at radius 3 is 2.63 bits per heavy atom. The summed E-state index contributed by atoms with van der Waals surface area (Å²) >= 11 is 0. The van der Waals surface area contributed by atoms with Crippen molar-refractivity contribution in [3.05, 3.63) is 48.0 Å². The van der Waals surface area contributed by atoms with Crippen LogP contribution in [0.2, 0.25) is 0 Å². The fraction of sp³-hybridized carbons (Fsp3) is 0.304. The van der Waals surface area contributed by atoms with E-state index in [9.17, 15) is 9.59 Å². The van der Waals surface area contributed by atoms with Crippen molar-refractivity contribution in [1.29, 1.82) is 0 Å². The smallest absolute Gasteiger partial charge is 0.265 e. The molecule has 0 spiro atoms. The standard InChI is InChI=1S/C23H26N2O5/c1-15(2)13-25-18-8-7-17(12-20(18)30-14-23(25)27)24-22(26)10-6-16-5-9-19(28-3)21(11-16)29-4/h5-12,15H,13-14H2,1-4H3,(H,24,26)/b10-6+. The van der Waals surface area contributed by atoms with E-state index >= 15 is 0 Å². The van der Waals surface area contributed by atoms with Crippen molar-refractivity contribution in [2.45, 2.75) is 13.8 Å². The molecule has 158 valence electrons. The van der Waals surface area contributed by atoms with Gasteiger partial charge in [0.25, 0.3) is 5.91 Å². The van der Waals surface area contributed by atoms with Crippen molar-refractivity contribution in [3.63, 3.8) is 0 Å². The summed E-state index contributed by atoms with van der Waals surface area (Å²) in [5.41, 5.74) is 2.12. The third-order valence-corrected chi connectivity index (χ3v) is 4.55. The topological polar surface area (TPSA) is 77.1 Å². The summed E-state index contributed by atoms with van der Waals surface area (Å²) in [5.74, 6) is 1.78. The molecule has 0 fully saturated rings. The number of benzene rings is 2.